The highest BCUT2D eigenvalue weighted by Gasteiger charge is 2.03. The number of aryl methyl sites for hydroxylation is 1. The zero-order valence-electron chi connectivity index (χ0n) is 9.74. The van der Waals surface area contributed by atoms with Crippen molar-refractivity contribution in [2.75, 3.05) is 11.1 Å². The molecule has 90 valence electrons. The van der Waals surface area contributed by atoms with Gasteiger partial charge in [-0.05, 0) is 36.8 Å². The minimum atomic E-state index is 0.207. The van der Waals surface area contributed by atoms with Gasteiger partial charge in [0, 0.05) is 10.7 Å². The topological polar surface area (TPSA) is 74.7 Å². The molecule has 18 heavy (non-hydrogen) atoms. The van der Waals surface area contributed by atoms with Crippen molar-refractivity contribution in [3.8, 4) is 6.07 Å². The highest BCUT2D eigenvalue weighted by Crippen LogP contribution is 2.23. The van der Waals surface area contributed by atoms with Gasteiger partial charge in [-0.15, -0.1) is 0 Å². The average Bonchev–Trinajstić information content (AvgIpc) is 2.36. The maximum absolute atomic E-state index is 8.85. The second-order valence-corrected chi connectivity index (χ2v) is 4.24. The molecule has 0 saturated heterocycles. The molecule has 1 aromatic carbocycles. The number of nitrogens with one attached hydrogen (secondary N) is 1. The van der Waals surface area contributed by atoms with Gasteiger partial charge in [0.05, 0.1) is 5.69 Å². The number of halogens is 1. The number of hydrogen-bond acceptors (Lipinski definition) is 4. The summed E-state index contributed by atoms with van der Waals surface area (Å²) in [5, 5.41) is 12.6. The predicted octanol–water partition coefficient (Wildman–Crippen LogP) is 3.24. The van der Waals surface area contributed by atoms with E-state index in [9.17, 15) is 0 Å². The normalized spacial score (nSPS) is 9.83. The van der Waals surface area contributed by atoms with Crippen LogP contribution < -0.4 is 11.1 Å². The van der Waals surface area contributed by atoms with E-state index >= 15 is 0 Å². The molecule has 1 heterocycles. The Morgan fingerprint density at radius 3 is 2.78 bits per heavy atom. The van der Waals surface area contributed by atoms with Gasteiger partial charge in [0.1, 0.15) is 11.9 Å². The van der Waals surface area contributed by atoms with E-state index in [0.717, 1.165) is 11.3 Å². The first kappa shape index (κ1) is 12.2. The number of rotatable bonds is 2. The van der Waals surface area contributed by atoms with Crippen molar-refractivity contribution in [1.82, 2.24) is 4.98 Å². The summed E-state index contributed by atoms with van der Waals surface area (Å²) >= 11 is 6.03. The minimum Gasteiger partial charge on any atom is -0.396 e. The molecular formula is C13H11ClN4. The molecule has 1 aromatic heterocycles. The largest absolute Gasteiger partial charge is 0.396 e. The molecule has 0 unspecified atom stereocenters. The van der Waals surface area contributed by atoms with Crippen LogP contribution in [0.25, 0.3) is 0 Å². The van der Waals surface area contributed by atoms with Crippen LogP contribution in [0.5, 0.6) is 0 Å². The molecule has 5 heteroatoms. The van der Waals surface area contributed by atoms with Crippen molar-refractivity contribution in [2.24, 2.45) is 0 Å². The number of aromatic nitrogens is 1. The molecule has 2 rings (SSSR count). The fourth-order valence-electron chi connectivity index (χ4n) is 1.45. The third-order valence-corrected chi connectivity index (χ3v) is 2.88. The van der Waals surface area contributed by atoms with Gasteiger partial charge in [0.15, 0.2) is 5.69 Å². The van der Waals surface area contributed by atoms with Crippen LogP contribution in [0.15, 0.2) is 30.3 Å². The lowest BCUT2D eigenvalue weighted by molar-refractivity contribution is 1.26. The number of nitrogens with two attached hydrogens (primary N) is 1. The summed E-state index contributed by atoms with van der Waals surface area (Å²) in [5.74, 6) is 0.556. The highest BCUT2D eigenvalue weighted by atomic mass is 35.5. The Hall–Kier alpha value is -2.25. The lowest BCUT2D eigenvalue weighted by atomic mass is 10.2. The van der Waals surface area contributed by atoms with Crippen molar-refractivity contribution in [3.63, 3.8) is 0 Å². The number of hydrogen-bond donors (Lipinski definition) is 2. The first-order chi connectivity index (χ1) is 8.60. The number of benzene rings is 1. The summed E-state index contributed by atoms with van der Waals surface area (Å²) in [5.41, 5.74) is 7.99. The Labute approximate surface area is 110 Å². The summed E-state index contributed by atoms with van der Waals surface area (Å²) < 4.78 is 0. The number of nitrogen functional groups attached to an aromatic ring is 1. The minimum absolute atomic E-state index is 0.207. The van der Waals surface area contributed by atoms with E-state index in [1.807, 2.05) is 25.1 Å². The SMILES string of the molecule is Cc1ccc(Nc2ccc(N)c(C#N)n2)cc1Cl. The van der Waals surface area contributed by atoms with Crippen molar-refractivity contribution in [2.45, 2.75) is 6.92 Å². The molecule has 0 aliphatic carbocycles. The van der Waals surface area contributed by atoms with Gasteiger partial charge in [-0.2, -0.15) is 5.26 Å². The molecule has 0 spiro atoms. The van der Waals surface area contributed by atoms with Crippen LogP contribution >= 0.6 is 11.6 Å². The molecule has 0 aliphatic heterocycles. The van der Waals surface area contributed by atoms with Crippen LogP contribution in [-0.2, 0) is 0 Å². The van der Waals surface area contributed by atoms with Gasteiger partial charge in [0.25, 0.3) is 0 Å². The molecular weight excluding hydrogens is 248 g/mol. The molecule has 0 radical (unpaired) electrons. The van der Waals surface area contributed by atoms with E-state index < -0.39 is 0 Å². The maximum atomic E-state index is 8.85. The third-order valence-electron chi connectivity index (χ3n) is 2.48. The average molecular weight is 259 g/mol. The Morgan fingerprint density at radius 1 is 1.33 bits per heavy atom. The quantitative estimate of drug-likeness (QED) is 0.867. The highest BCUT2D eigenvalue weighted by molar-refractivity contribution is 6.31. The lowest BCUT2D eigenvalue weighted by Gasteiger charge is -2.08. The fraction of sp³-hybridized carbons (Fsp3) is 0.0769. The zero-order valence-corrected chi connectivity index (χ0v) is 10.5. The number of anilines is 3. The standard InChI is InChI=1S/C13H11ClN4/c1-8-2-3-9(6-10(8)14)17-13-5-4-11(16)12(7-15)18-13/h2-6H,16H2,1H3,(H,17,18). The van der Waals surface area contributed by atoms with E-state index in [-0.39, 0.29) is 5.69 Å². The van der Waals surface area contributed by atoms with E-state index in [0.29, 0.717) is 16.5 Å². The molecule has 0 aliphatic rings. The van der Waals surface area contributed by atoms with E-state index in [1.54, 1.807) is 18.2 Å². The van der Waals surface area contributed by atoms with Crippen LogP contribution in [0.2, 0.25) is 5.02 Å². The van der Waals surface area contributed by atoms with Gasteiger partial charge in [-0.3, -0.25) is 0 Å². The summed E-state index contributed by atoms with van der Waals surface area (Å²) in [4.78, 5) is 4.10. The second-order valence-electron chi connectivity index (χ2n) is 3.84. The molecule has 0 atom stereocenters. The molecule has 0 bridgehead atoms. The monoisotopic (exact) mass is 258 g/mol. The smallest absolute Gasteiger partial charge is 0.165 e. The number of nitriles is 1. The number of nitrogens with zero attached hydrogens (tertiary/aromatic N) is 2. The fourth-order valence-corrected chi connectivity index (χ4v) is 1.63. The van der Waals surface area contributed by atoms with Crippen molar-refractivity contribution in [3.05, 3.63) is 46.6 Å². The summed E-state index contributed by atoms with van der Waals surface area (Å²) in [6.07, 6.45) is 0. The first-order valence-electron chi connectivity index (χ1n) is 5.30. The number of pyridine rings is 1. The molecule has 0 saturated carbocycles. The summed E-state index contributed by atoms with van der Waals surface area (Å²) in [7, 11) is 0. The van der Waals surface area contributed by atoms with Gasteiger partial charge >= 0.3 is 0 Å². The lowest BCUT2D eigenvalue weighted by Crippen LogP contribution is -1.99. The molecule has 4 nitrogen and oxygen atoms in total. The van der Waals surface area contributed by atoms with Crippen LogP contribution in [0.4, 0.5) is 17.2 Å². The molecule has 2 aromatic rings. The van der Waals surface area contributed by atoms with Gasteiger partial charge in [0.2, 0.25) is 0 Å². The molecule has 0 fully saturated rings. The van der Waals surface area contributed by atoms with Crippen LogP contribution in [-0.4, -0.2) is 4.98 Å². The Balaban J connectivity index is 2.29. The van der Waals surface area contributed by atoms with Crippen LogP contribution in [0, 0.1) is 18.3 Å². The first-order valence-corrected chi connectivity index (χ1v) is 5.68. The van der Waals surface area contributed by atoms with Gasteiger partial charge in [-0.1, -0.05) is 17.7 Å². The van der Waals surface area contributed by atoms with E-state index in [4.69, 9.17) is 22.6 Å². The van der Waals surface area contributed by atoms with E-state index in [2.05, 4.69) is 10.3 Å². The second kappa shape index (κ2) is 4.94. The van der Waals surface area contributed by atoms with E-state index in [1.165, 1.54) is 0 Å². The van der Waals surface area contributed by atoms with Crippen LogP contribution in [0.3, 0.4) is 0 Å². The Kier molecular flexibility index (Phi) is 3.35. The Morgan fingerprint density at radius 2 is 2.11 bits per heavy atom. The van der Waals surface area contributed by atoms with Crippen LogP contribution in [0.1, 0.15) is 11.3 Å². The molecule has 3 N–H and O–H groups in total. The van der Waals surface area contributed by atoms with Gasteiger partial charge < -0.3 is 11.1 Å². The Bertz CT molecular complexity index is 631. The van der Waals surface area contributed by atoms with Crippen molar-refractivity contribution < 1.29 is 0 Å². The summed E-state index contributed by atoms with van der Waals surface area (Å²) in [6.45, 7) is 1.93. The third kappa shape index (κ3) is 2.53. The summed E-state index contributed by atoms with van der Waals surface area (Å²) in [6, 6.07) is 10.9. The van der Waals surface area contributed by atoms with Gasteiger partial charge in [-0.25, -0.2) is 4.98 Å². The van der Waals surface area contributed by atoms with Crippen molar-refractivity contribution in [1.29, 1.82) is 5.26 Å². The molecule has 0 amide bonds. The predicted molar refractivity (Wildman–Crippen MR) is 72.8 cm³/mol. The van der Waals surface area contributed by atoms with Crippen molar-refractivity contribution >= 4 is 28.8 Å². The zero-order chi connectivity index (χ0) is 13.1. The maximum Gasteiger partial charge on any atom is 0.165 e.